The Morgan fingerprint density at radius 2 is 1.59 bits per heavy atom. The lowest BCUT2D eigenvalue weighted by Crippen LogP contribution is -2.53. The number of rotatable bonds is 8. The van der Waals surface area contributed by atoms with Crippen LogP contribution in [0.5, 0.6) is 0 Å². The van der Waals surface area contributed by atoms with Crippen molar-refractivity contribution in [3.05, 3.63) is 0 Å². The summed E-state index contributed by atoms with van der Waals surface area (Å²) in [6, 6.07) is 0. The fraction of sp³-hybridized carbons (Fsp3) is 1.00. The summed E-state index contributed by atoms with van der Waals surface area (Å²) < 4.78 is 18.9. The van der Waals surface area contributed by atoms with Gasteiger partial charge in [0.2, 0.25) is 8.32 Å². The second-order valence-electron chi connectivity index (χ2n) is 8.05. The van der Waals surface area contributed by atoms with E-state index in [0.717, 1.165) is 13.0 Å². The van der Waals surface area contributed by atoms with E-state index in [4.69, 9.17) is 13.9 Å². The summed E-state index contributed by atoms with van der Waals surface area (Å²) >= 11 is 0. The van der Waals surface area contributed by atoms with Crippen molar-refractivity contribution in [2.24, 2.45) is 0 Å². The van der Waals surface area contributed by atoms with Gasteiger partial charge in [-0.15, -0.1) is 0 Å². The monoisotopic (exact) mass is 328 g/mol. The van der Waals surface area contributed by atoms with Crippen molar-refractivity contribution in [1.29, 1.82) is 0 Å². The van der Waals surface area contributed by atoms with Crippen molar-refractivity contribution < 1.29 is 13.9 Å². The van der Waals surface area contributed by atoms with E-state index in [2.05, 4.69) is 48.5 Å². The van der Waals surface area contributed by atoms with Gasteiger partial charge in [0, 0.05) is 0 Å². The Hall–Kier alpha value is 0.0969. The van der Waals surface area contributed by atoms with Gasteiger partial charge in [-0.1, -0.05) is 61.3 Å². The molecule has 2 heterocycles. The average Bonchev–Trinajstić information content (AvgIpc) is 3.22. The number of unbranched alkanes of at least 4 members (excludes halogenated alkanes) is 1. The highest BCUT2D eigenvalue weighted by Crippen LogP contribution is 2.46. The molecule has 2 aliphatic rings. The van der Waals surface area contributed by atoms with Crippen molar-refractivity contribution >= 4 is 8.32 Å². The summed E-state index contributed by atoms with van der Waals surface area (Å²) in [5.74, 6) is 0. The lowest BCUT2D eigenvalue weighted by Gasteiger charge is -2.45. The molecule has 4 atom stereocenters. The zero-order chi connectivity index (χ0) is 16.5. The quantitative estimate of drug-likeness (QED) is 0.469. The third-order valence-corrected chi connectivity index (χ3v) is 11.8. The van der Waals surface area contributed by atoms with Crippen LogP contribution in [0.3, 0.4) is 0 Å². The standard InChI is InChI=1S/C18H36O3Si/c1-8-9-10-15-17-18(20-17)16(11-19-15)21-22(12(2)3,13(4)5)14(6)7/h12-18H,8-11H2,1-7H3/t15-,16+,17+,18-/m0/s1. The van der Waals surface area contributed by atoms with Gasteiger partial charge in [0.1, 0.15) is 12.2 Å². The summed E-state index contributed by atoms with van der Waals surface area (Å²) in [5, 5.41) is 0. The molecular formula is C18H36O3Si. The van der Waals surface area contributed by atoms with Crippen molar-refractivity contribution in [3.8, 4) is 0 Å². The van der Waals surface area contributed by atoms with Gasteiger partial charge < -0.3 is 13.9 Å². The average molecular weight is 329 g/mol. The zero-order valence-corrected chi connectivity index (χ0v) is 16.6. The van der Waals surface area contributed by atoms with Gasteiger partial charge in [-0.05, 0) is 23.0 Å². The van der Waals surface area contributed by atoms with E-state index in [1.165, 1.54) is 12.8 Å². The van der Waals surface area contributed by atoms with Gasteiger partial charge in [0.15, 0.2) is 0 Å². The first-order valence-corrected chi connectivity index (χ1v) is 11.4. The van der Waals surface area contributed by atoms with E-state index in [0.29, 0.717) is 34.9 Å². The van der Waals surface area contributed by atoms with Crippen LogP contribution in [0.2, 0.25) is 16.6 Å². The minimum Gasteiger partial charge on any atom is -0.408 e. The molecule has 0 bridgehead atoms. The topological polar surface area (TPSA) is 31.0 Å². The molecule has 130 valence electrons. The van der Waals surface area contributed by atoms with Gasteiger partial charge in [0.05, 0.1) is 18.8 Å². The largest absolute Gasteiger partial charge is 0.408 e. The molecule has 2 saturated heterocycles. The molecule has 0 aromatic rings. The normalized spacial score (nSPS) is 31.9. The van der Waals surface area contributed by atoms with Crippen molar-refractivity contribution in [2.75, 3.05) is 6.61 Å². The van der Waals surface area contributed by atoms with Gasteiger partial charge in [-0.2, -0.15) is 0 Å². The maximum Gasteiger partial charge on any atom is 0.201 e. The number of hydrogen-bond acceptors (Lipinski definition) is 3. The van der Waals surface area contributed by atoms with E-state index in [1.807, 2.05) is 0 Å². The Morgan fingerprint density at radius 1 is 1.00 bits per heavy atom. The molecule has 0 unspecified atom stereocenters. The second-order valence-corrected chi connectivity index (χ2v) is 13.5. The smallest absolute Gasteiger partial charge is 0.201 e. The Bertz CT molecular complexity index is 334. The van der Waals surface area contributed by atoms with Gasteiger partial charge in [-0.3, -0.25) is 0 Å². The lowest BCUT2D eigenvalue weighted by atomic mass is 10.0. The minimum absolute atomic E-state index is 0.154. The van der Waals surface area contributed by atoms with Crippen LogP contribution in [0.25, 0.3) is 0 Å². The predicted molar refractivity (Wildman–Crippen MR) is 93.8 cm³/mol. The van der Waals surface area contributed by atoms with Crippen LogP contribution >= 0.6 is 0 Å². The van der Waals surface area contributed by atoms with E-state index < -0.39 is 8.32 Å². The first-order valence-electron chi connectivity index (χ1n) is 9.29. The Labute approximate surface area is 138 Å². The fourth-order valence-electron chi connectivity index (χ4n) is 4.57. The molecule has 4 heteroatoms. The lowest BCUT2D eigenvalue weighted by molar-refractivity contribution is -0.0354. The van der Waals surface area contributed by atoms with E-state index in [9.17, 15) is 0 Å². The highest BCUT2D eigenvalue weighted by Gasteiger charge is 2.57. The molecule has 2 rings (SSSR count). The number of fused-ring (bicyclic) bond motifs is 1. The van der Waals surface area contributed by atoms with Crippen LogP contribution in [0.15, 0.2) is 0 Å². The Kier molecular flexibility index (Phi) is 6.14. The highest BCUT2D eigenvalue weighted by atomic mass is 28.4. The predicted octanol–water partition coefficient (Wildman–Crippen LogP) is 4.90. The molecule has 0 aliphatic carbocycles. The first kappa shape index (κ1) is 18.4. The first-order chi connectivity index (χ1) is 10.3. The zero-order valence-electron chi connectivity index (χ0n) is 15.6. The molecule has 0 saturated carbocycles. The van der Waals surface area contributed by atoms with Gasteiger partial charge in [-0.25, -0.2) is 0 Å². The van der Waals surface area contributed by atoms with Crippen molar-refractivity contribution in [2.45, 2.75) is 109 Å². The number of epoxide rings is 1. The molecule has 2 fully saturated rings. The van der Waals surface area contributed by atoms with Crippen LogP contribution < -0.4 is 0 Å². The second kappa shape index (κ2) is 7.33. The van der Waals surface area contributed by atoms with E-state index >= 15 is 0 Å². The SMILES string of the molecule is CCCC[C@@H]1OC[C@@H](O[Si](C(C)C)(C(C)C)C(C)C)[C@@H]2O[C@@H]21. The number of ether oxygens (including phenoxy) is 2. The van der Waals surface area contributed by atoms with Crippen LogP contribution in [0, 0.1) is 0 Å². The third-order valence-electron chi connectivity index (χ3n) is 5.67. The summed E-state index contributed by atoms with van der Waals surface area (Å²) in [6.45, 7) is 17.0. The molecule has 2 aliphatic heterocycles. The van der Waals surface area contributed by atoms with Gasteiger partial charge >= 0.3 is 0 Å². The number of hydrogen-bond donors (Lipinski definition) is 0. The molecule has 0 spiro atoms. The van der Waals surface area contributed by atoms with E-state index in [1.54, 1.807) is 0 Å². The summed E-state index contributed by atoms with van der Waals surface area (Å²) in [7, 11) is -1.84. The van der Waals surface area contributed by atoms with Gasteiger partial charge in [0.25, 0.3) is 0 Å². The molecule has 0 aromatic heterocycles. The van der Waals surface area contributed by atoms with Crippen LogP contribution in [-0.2, 0) is 13.9 Å². The molecule has 3 nitrogen and oxygen atoms in total. The Morgan fingerprint density at radius 3 is 2.09 bits per heavy atom. The third kappa shape index (κ3) is 3.45. The Balaban J connectivity index is 2.02. The summed E-state index contributed by atoms with van der Waals surface area (Å²) in [4.78, 5) is 0. The molecule has 22 heavy (non-hydrogen) atoms. The summed E-state index contributed by atoms with van der Waals surface area (Å²) in [6.07, 6.45) is 4.63. The van der Waals surface area contributed by atoms with Crippen LogP contribution in [-0.4, -0.2) is 39.3 Å². The van der Waals surface area contributed by atoms with Crippen LogP contribution in [0.1, 0.15) is 67.7 Å². The maximum atomic E-state index is 6.86. The van der Waals surface area contributed by atoms with Crippen molar-refractivity contribution in [3.63, 3.8) is 0 Å². The van der Waals surface area contributed by atoms with Crippen molar-refractivity contribution in [1.82, 2.24) is 0 Å². The maximum absolute atomic E-state index is 6.86. The molecule has 0 radical (unpaired) electrons. The molecular weight excluding hydrogens is 292 g/mol. The highest BCUT2D eigenvalue weighted by molar-refractivity contribution is 6.77. The molecule has 0 amide bonds. The molecule has 0 aromatic carbocycles. The van der Waals surface area contributed by atoms with Crippen LogP contribution in [0.4, 0.5) is 0 Å². The molecule has 0 N–H and O–H groups in total. The minimum atomic E-state index is -1.84. The van der Waals surface area contributed by atoms with E-state index in [-0.39, 0.29) is 6.10 Å². The fourth-order valence-corrected chi connectivity index (χ4v) is 10.1. The summed E-state index contributed by atoms with van der Waals surface area (Å²) in [5.41, 5.74) is 1.84.